The van der Waals surface area contributed by atoms with Gasteiger partial charge in [0.1, 0.15) is 5.82 Å². The standard InChI is InChI=1S/C14H17BrFN3/c1-8(2)19-14(12(15)7-18-19)13(17)10-4-9(3)5-11(16)6-10/h4-8,13H,17H2,1-3H3. The third-order valence-corrected chi connectivity index (χ3v) is 3.61. The van der Waals surface area contributed by atoms with E-state index in [9.17, 15) is 4.39 Å². The third kappa shape index (κ3) is 2.87. The first-order valence-electron chi connectivity index (χ1n) is 6.15. The largest absolute Gasteiger partial charge is 0.319 e. The molecule has 1 atom stereocenters. The van der Waals surface area contributed by atoms with Gasteiger partial charge in [-0.1, -0.05) is 6.07 Å². The van der Waals surface area contributed by atoms with Gasteiger partial charge in [0.2, 0.25) is 0 Å². The minimum absolute atomic E-state index is 0.196. The van der Waals surface area contributed by atoms with Gasteiger partial charge in [-0.15, -0.1) is 0 Å². The van der Waals surface area contributed by atoms with E-state index >= 15 is 0 Å². The zero-order valence-corrected chi connectivity index (χ0v) is 12.8. The average Bonchev–Trinajstić information content (AvgIpc) is 2.69. The van der Waals surface area contributed by atoms with Gasteiger partial charge in [-0.2, -0.15) is 5.10 Å². The van der Waals surface area contributed by atoms with Gasteiger partial charge in [0.05, 0.1) is 22.4 Å². The van der Waals surface area contributed by atoms with Gasteiger partial charge < -0.3 is 5.73 Å². The molecule has 3 nitrogen and oxygen atoms in total. The monoisotopic (exact) mass is 325 g/mol. The van der Waals surface area contributed by atoms with Gasteiger partial charge >= 0.3 is 0 Å². The minimum atomic E-state index is -0.409. The maximum absolute atomic E-state index is 13.5. The number of hydrogen-bond donors (Lipinski definition) is 1. The Kier molecular flexibility index (Phi) is 4.06. The molecule has 0 saturated heterocycles. The smallest absolute Gasteiger partial charge is 0.123 e. The molecule has 0 fully saturated rings. The van der Waals surface area contributed by atoms with Gasteiger partial charge in [-0.3, -0.25) is 4.68 Å². The highest BCUT2D eigenvalue weighted by Crippen LogP contribution is 2.29. The van der Waals surface area contributed by atoms with Crippen LogP contribution in [0, 0.1) is 12.7 Å². The molecule has 2 aromatic rings. The van der Waals surface area contributed by atoms with E-state index in [2.05, 4.69) is 21.0 Å². The van der Waals surface area contributed by atoms with Crippen molar-refractivity contribution in [1.29, 1.82) is 0 Å². The van der Waals surface area contributed by atoms with Crippen molar-refractivity contribution in [1.82, 2.24) is 9.78 Å². The van der Waals surface area contributed by atoms with E-state index in [1.807, 2.05) is 31.5 Å². The highest BCUT2D eigenvalue weighted by atomic mass is 79.9. The van der Waals surface area contributed by atoms with Crippen LogP contribution < -0.4 is 5.73 Å². The number of rotatable bonds is 3. The number of aryl methyl sites for hydroxylation is 1. The Labute approximate surface area is 120 Å². The molecule has 0 radical (unpaired) electrons. The van der Waals surface area contributed by atoms with Crippen LogP contribution in [0.25, 0.3) is 0 Å². The van der Waals surface area contributed by atoms with Crippen LogP contribution in [0.15, 0.2) is 28.9 Å². The summed E-state index contributed by atoms with van der Waals surface area (Å²) < 4.78 is 16.2. The van der Waals surface area contributed by atoms with Crippen LogP contribution in [0.5, 0.6) is 0 Å². The molecule has 19 heavy (non-hydrogen) atoms. The van der Waals surface area contributed by atoms with Gasteiger partial charge in [-0.25, -0.2) is 4.39 Å². The predicted octanol–water partition coefficient (Wildman–Crippen LogP) is 3.72. The number of aromatic nitrogens is 2. The molecule has 1 heterocycles. The van der Waals surface area contributed by atoms with Crippen LogP contribution in [-0.4, -0.2) is 9.78 Å². The van der Waals surface area contributed by atoms with E-state index in [-0.39, 0.29) is 11.9 Å². The van der Waals surface area contributed by atoms with Crippen molar-refractivity contribution in [3.8, 4) is 0 Å². The second-order valence-corrected chi connectivity index (χ2v) is 5.81. The van der Waals surface area contributed by atoms with Crippen molar-refractivity contribution in [2.75, 3.05) is 0 Å². The van der Waals surface area contributed by atoms with Crippen molar-refractivity contribution < 1.29 is 4.39 Å². The molecule has 0 amide bonds. The summed E-state index contributed by atoms with van der Waals surface area (Å²) >= 11 is 3.46. The first-order valence-corrected chi connectivity index (χ1v) is 6.95. The molecule has 0 aliphatic heterocycles. The normalized spacial score (nSPS) is 13.0. The summed E-state index contributed by atoms with van der Waals surface area (Å²) in [7, 11) is 0. The summed E-state index contributed by atoms with van der Waals surface area (Å²) in [5.41, 5.74) is 8.75. The molecule has 0 aliphatic rings. The topological polar surface area (TPSA) is 43.8 Å². The maximum atomic E-state index is 13.5. The lowest BCUT2D eigenvalue weighted by Crippen LogP contribution is -2.19. The second kappa shape index (κ2) is 5.43. The van der Waals surface area contributed by atoms with Crippen molar-refractivity contribution in [3.05, 3.63) is 51.5 Å². The summed E-state index contributed by atoms with van der Waals surface area (Å²) in [6.07, 6.45) is 1.72. The molecule has 102 valence electrons. The molecular weight excluding hydrogens is 309 g/mol. The van der Waals surface area contributed by atoms with Crippen LogP contribution in [0.3, 0.4) is 0 Å². The second-order valence-electron chi connectivity index (χ2n) is 4.96. The summed E-state index contributed by atoms with van der Waals surface area (Å²) in [5.74, 6) is -0.266. The van der Waals surface area contributed by atoms with Crippen molar-refractivity contribution >= 4 is 15.9 Å². The van der Waals surface area contributed by atoms with Crippen LogP contribution in [0.2, 0.25) is 0 Å². The lowest BCUT2D eigenvalue weighted by molar-refractivity contribution is 0.498. The molecular formula is C14H17BrFN3. The first kappa shape index (κ1) is 14.2. The van der Waals surface area contributed by atoms with Gasteiger partial charge in [0.15, 0.2) is 0 Å². The van der Waals surface area contributed by atoms with Crippen molar-refractivity contribution in [3.63, 3.8) is 0 Å². The Morgan fingerprint density at radius 2 is 2.00 bits per heavy atom. The Balaban J connectivity index is 2.49. The highest BCUT2D eigenvalue weighted by Gasteiger charge is 2.20. The first-order chi connectivity index (χ1) is 8.90. The minimum Gasteiger partial charge on any atom is -0.319 e. The number of nitrogens with zero attached hydrogens (tertiary/aromatic N) is 2. The third-order valence-electron chi connectivity index (χ3n) is 2.99. The highest BCUT2D eigenvalue weighted by molar-refractivity contribution is 9.10. The van der Waals surface area contributed by atoms with E-state index in [1.54, 1.807) is 6.20 Å². The fourth-order valence-corrected chi connectivity index (χ4v) is 2.68. The average molecular weight is 326 g/mol. The van der Waals surface area contributed by atoms with E-state index in [0.29, 0.717) is 0 Å². The molecule has 0 bridgehead atoms. The summed E-state index contributed by atoms with van der Waals surface area (Å²) in [6.45, 7) is 5.92. The quantitative estimate of drug-likeness (QED) is 0.934. The van der Waals surface area contributed by atoms with Gasteiger partial charge in [0.25, 0.3) is 0 Å². The summed E-state index contributed by atoms with van der Waals surface area (Å²) in [4.78, 5) is 0. The van der Waals surface area contributed by atoms with E-state index < -0.39 is 6.04 Å². The summed E-state index contributed by atoms with van der Waals surface area (Å²) in [6, 6.07) is 4.65. The van der Waals surface area contributed by atoms with Crippen LogP contribution in [0.4, 0.5) is 4.39 Å². The Morgan fingerprint density at radius 1 is 1.32 bits per heavy atom. The number of nitrogens with two attached hydrogens (primary N) is 1. The van der Waals surface area contributed by atoms with Gasteiger partial charge in [-0.05, 0) is 60.0 Å². The molecule has 1 aromatic heterocycles. The SMILES string of the molecule is Cc1cc(F)cc(C(N)c2c(Br)cnn2C(C)C)c1. The van der Waals surface area contributed by atoms with Crippen LogP contribution >= 0.6 is 15.9 Å². The number of halogens is 2. The lowest BCUT2D eigenvalue weighted by atomic mass is 10.0. The van der Waals surface area contributed by atoms with Crippen molar-refractivity contribution in [2.45, 2.75) is 32.9 Å². The zero-order valence-electron chi connectivity index (χ0n) is 11.2. The predicted molar refractivity (Wildman–Crippen MR) is 77.5 cm³/mol. The molecule has 0 aliphatic carbocycles. The van der Waals surface area contributed by atoms with E-state index in [4.69, 9.17) is 5.73 Å². The molecule has 1 aromatic carbocycles. The Morgan fingerprint density at radius 3 is 2.58 bits per heavy atom. The zero-order chi connectivity index (χ0) is 14.2. The molecule has 0 saturated carbocycles. The van der Waals surface area contributed by atoms with Crippen molar-refractivity contribution in [2.24, 2.45) is 5.73 Å². The van der Waals surface area contributed by atoms with Crippen LogP contribution in [-0.2, 0) is 0 Å². The van der Waals surface area contributed by atoms with Crippen LogP contribution in [0.1, 0.15) is 42.8 Å². The Bertz CT molecular complexity index is 572. The fraction of sp³-hybridized carbons (Fsp3) is 0.357. The van der Waals surface area contributed by atoms with E-state index in [1.165, 1.54) is 12.1 Å². The maximum Gasteiger partial charge on any atom is 0.123 e. The van der Waals surface area contributed by atoms with E-state index in [0.717, 1.165) is 21.3 Å². The molecule has 2 N–H and O–H groups in total. The molecule has 5 heteroatoms. The molecule has 0 spiro atoms. The van der Waals surface area contributed by atoms with Gasteiger partial charge in [0, 0.05) is 6.04 Å². The lowest BCUT2D eigenvalue weighted by Gasteiger charge is -2.18. The molecule has 2 rings (SSSR count). The summed E-state index contributed by atoms with van der Waals surface area (Å²) in [5, 5.41) is 4.30. The number of hydrogen-bond acceptors (Lipinski definition) is 2. The fourth-order valence-electron chi connectivity index (χ4n) is 2.16. The Hall–Kier alpha value is -1.20. The number of benzene rings is 1. The molecule has 1 unspecified atom stereocenters.